The van der Waals surface area contributed by atoms with Crippen molar-refractivity contribution >= 4 is 18.0 Å². The van der Waals surface area contributed by atoms with Crippen molar-refractivity contribution in [3.63, 3.8) is 0 Å². The summed E-state index contributed by atoms with van der Waals surface area (Å²) in [5, 5.41) is 16.2. The molecule has 18 heavy (non-hydrogen) atoms. The van der Waals surface area contributed by atoms with Crippen molar-refractivity contribution < 1.29 is 19.8 Å². The molecular formula is C14H16O4. The van der Waals surface area contributed by atoms with Crippen LogP contribution in [0.3, 0.4) is 0 Å². The van der Waals surface area contributed by atoms with E-state index in [1.165, 1.54) is 12.5 Å². The van der Waals surface area contributed by atoms with E-state index >= 15 is 0 Å². The van der Waals surface area contributed by atoms with Crippen LogP contribution in [0.2, 0.25) is 0 Å². The van der Waals surface area contributed by atoms with Crippen molar-refractivity contribution in [1.82, 2.24) is 0 Å². The van der Waals surface area contributed by atoms with Crippen molar-refractivity contribution in [2.75, 3.05) is 0 Å². The Kier molecular flexibility index (Phi) is 7.61. The molecule has 0 atom stereocenters. The number of benzene rings is 1. The largest absolute Gasteiger partial charge is 0.477 e. The third kappa shape index (κ3) is 6.27. The average molecular weight is 248 g/mol. The Morgan fingerprint density at radius 3 is 1.78 bits per heavy atom. The SMILES string of the molecule is CC=C(C(=O)O)C(=O)O.CC=Cc1ccccc1. The van der Waals surface area contributed by atoms with Crippen LogP contribution in [0.4, 0.5) is 0 Å². The highest BCUT2D eigenvalue weighted by Crippen LogP contribution is 1.99. The van der Waals surface area contributed by atoms with E-state index in [4.69, 9.17) is 10.2 Å². The van der Waals surface area contributed by atoms with Gasteiger partial charge in [0.25, 0.3) is 0 Å². The molecule has 4 heteroatoms. The smallest absolute Gasteiger partial charge is 0.342 e. The van der Waals surface area contributed by atoms with Gasteiger partial charge in [0.2, 0.25) is 0 Å². The van der Waals surface area contributed by atoms with Crippen LogP contribution in [0, 0.1) is 0 Å². The topological polar surface area (TPSA) is 74.6 Å². The molecule has 0 radical (unpaired) electrons. The summed E-state index contributed by atoms with van der Waals surface area (Å²) in [6.45, 7) is 3.38. The van der Waals surface area contributed by atoms with Gasteiger partial charge in [-0.3, -0.25) is 0 Å². The summed E-state index contributed by atoms with van der Waals surface area (Å²) in [4.78, 5) is 19.8. The van der Waals surface area contributed by atoms with Crippen LogP contribution in [0.5, 0.6) is 0 Å². The second-order valence-electron chi connectivity index (χ2n) is 3.22. The highest BCUT2D eigenvalue weighted by atomic mass is 16.4. The first-order valence-electron chi connectivity index (χ1n) is 5.33. The van der Waals surface area contributed by atoms with E-state index in [1.54, 1.807) is 0 Å². The molecule has 4 nitrogen and oxygen atoms in total. The van der Waals surface area contributed by atoms with Gasteiger partial charge in [0.05, 0.1) is 0 Å². The summed E-state index contributed by atoms with van der Waals surface area (Å²) in [5.41, 5.74) is 0.662. The molecule has 0 unspecified atom stereocenters. The minimum Gasteiger partial charge on any atom is -0.477 e. The first-order valence-corrected chi connectivity index (χ1v) is 5.33. The summed E-state index contributed by atoms with van der Waals surface area (Å²) in [5.74, 6) is -2.82. The number of carboxylic acid groups (broad SMARTS) is 2. The Morgan fingerprint density at radius 1 is 1.00 bits per heavy atom. The molecule has 0 fully saturated rings. The molecule has 0 saturated carbocycles. The number of carboxylic acids is 2. The van der Waals surface area contributed by atoms with Crippen LogP contribution < -0.4 is 0 Å². The van der Waals surface area contributed by atoms with Crippen LogP contribution in [-0.2, 0) is 9.59 Å². The van der Waals surface area contributed by atoms with Gasteiger partial charge in [-0.15, -0.1) is 0 Å². The Morgan fingerprint density at radius 2 is 1.50 bits per heavy atom. The van der Waals surface area contributed by atoms with Crippen LogP contribution in [0.25, 0.3) is 6.08 Å². The molecule has 0 aliphatic carbocycles. The number of hydrogen-bond acceptors (Lipinski definition) is 2. The quantitative estimate of drug-likeness (QED) is 0.490. The third-order valence-electron chi connectivity index (χ3n) is 1.91. The zero-order valence-electron chi connectivity index (χ0n) is 10.3. The van der Waals surface area contributed by atoms with E-state index in [9.17, 15) is 9.59 Å². The van der Waals surface area contributed by atoms with Gasteiger partial charge in [-0.2, -0.15) is 0 Å². The molecular weight excluding hydrogens is 232 g/mol. The lowest BCUT2D eigenvalue weighted by Crippen LogP contribution is -2.10. The molecule has 1 rings (SSSR count). The fraction of sp³-hybridized carbons (Fsp3) is 0.143. The fourth-order valence-corrected chi connectivity index (χ4v) is 1.10. The molecule has 96 valence electrons. The molecule has 0 heterocycles. The van der Waals surface area contributed by atoms with Gasteiger partial charge in [-0.1, -0.05) is 48.6 Å². The van der Waals surface area contributed by atoms with Gasteiger partial charge in [0.15, 0.2) is 0 Å². The fourth-order valence-electron chi connectivity index (χ4n) is 1.10. The van der Waals surface area contributed by atoms with Gasteiger partial charge in [-0.25, -0.2) is 9.59 Å². The normalized spacial score (nSPS) is 9.22. The minimum atomic E-state index is -1.41. The van der Waals surface area contributed by atoms with E-state index < -0.39 is 17.5 Å². The summed E-state index contributed by atoms with van der Waals surface area (Å²) in [6.07, 6.45) is 5.15. The number of hydrogen-bond donors (Lipinski definition) is 2. The molecule has 0 saturated heterocycles. The number of carbonyl (C=O) groups is 2. The van der Waals surface area contributed by atoms with Gasteiger partial charge < -0.3 is 10.2 Å². The lowest BCUT2D eigenvalue weighted by Gasteiger charge is -1.89. The van der Waals surface area contributed by atoms with E-state index in [0.717, 1.165) is 6.08 Å². The minimum absolute atomic E-state index is 0.602. The van der Waals surface area contributed by atoms with Crippen molar-refractivity contribution in [1.29, 1.82) is 0 Å². The second-order valence-corrected chi connectivity index (χ2v) is 3.22. The molecule has 0 aromatic heterocycles. The van der Waals surface area contributed by atoms with Crippen LogP contribution in [0.15, 0.2) is 48.1 Å². The van der Waals surface area contributed by atoms with E-state index in [-0.39, 0.29) is 0 Å². The summed E-state index contributed by atoms with van der Waals surface area (Å²) in [7, 11) is 0. The number of aliphatic carboxylic acids is 2. The maximum absolute atomic E-state index is 9.92. The highest BCUT2D eigenvalue weighted by molar-refractivity contribution is 6.12. The van der Waals surface area contributed by atoms with Crippen molar-refractivity contribution in [2.45, 2.75) is 13.8 Å². The summed E-state index contributed by atoms with van der Waals surface area (Å²) >= 11 is 0. The highest BCUT2D eigenvalue weighted by Gasteiger charge is 2.12. The van der Waals surface area contributed by atoms with E-state index in [2.05, 4.69) is 18.2 Å². The zero-order chi connectivity index (χ0) is 14.0. The molecule has 0 aliphatic rings. The van der Waals surface area contributed by atoms with Gasteiger partial charge in [-0.05, 0) is 19.4 Å². The Bertz CT molecular complexity index is 428. The lowest BCUT2D eigenvalue weighted by atomic mass is 10.2. The van der Waals surface area contributed by atoms with Gasteiger partial charge >= 0.3 is 11.9 Å². The molecule has 0 aliphatic heterocycles. The van der Waals surface area contributed by atoms with Gasteiger partial charge in [0, 0.05) is 0 Å². The second kappa shape index (κ2) is 8.75. The molecule has 0 spiro atoms. The van der Waals surface area contributed by atoms with Crippen molar-refractivity contribution in [3.05, 3.63) is 53.6 Å². The molecule has 0 amide bonds. The van der Waals surface area contributed by atoms with Crippen LogP contribution in [0.1, 0.15) is 19.4 Å². The Balaban J connectivity index is 0.000000321. The standard InChI is InChI=1S/C9H10.C5H6O4/c1-2-6-9-7-4-3-5-8-9;1-2-3(4(6)7)5(8)9/h2-8H,1H3;2H,1H3,(H,6,7)(H,8,9). The Labute approximate surface area is 106 Å². The molecule has 2 N–H and O–H groups in total. The monoisotopic (exact) mass is 248 g/mol. The molecule has 1 aromatic carbocycles. The average Bonchev–Trinajstić information content (AvgIpc) is 2.31. The third-order valence-corrected chi connectivity index (χ3v) is 1.91. The molecule has 0 bridgehead atoms. The Hall–Kier alpha value is -2.36. The molecule has 1 aromatic rings. The predicted molar refractivity (Wildman–Crippen MR) is 70.2 cm³/mol. The predicted octanol–water partition coefficient (Wildman–Crippen LogP) is 2.82. The summed E-state index contributed by atoms with van der Waals surface area (Å²) < 4.78 is 0. The van der Waals surface area contributed by atoms with Crippen molar-refractivity contribution in [3.8, 4) is 0 Å². The summed E-state index contributed by atoms with van der Waals surface area (Å²) in [6, 6.07) is 10.3. The number of rotatable bonds is 3. The lowest BCUT2D eigenvalue weighted by molar-refractivity contribution is -0.140. The maximum atomic E-state index is 9.92. The van der Waals surface area contributed by atoms with Crippen LogP contribution >= 0.6 is 0 Å². The van der Waals surface area contributed by atoms with Crippen molar-refractivity contribution in [2.24, 2.45) is 0 Å². The van der Waals surface area contributed by atoms with Crippen LogP contribution in [-0.4, -0.2) is 22.2 Å². The van der Waals surface area contributed by atoms with E-state index in [1.807, 2.05) is 31.2 Å². The number of allylic oxidation sites excluding steroid dienone is 2. The zero-order valence-corrected chi connectivity index (χ0v) is 10.3. The first kappa shape index (κ1) is 15.6. The van der Waals surface area contributed by atoms with Gasteiger partial charge in [0.1, 0.15) is 5.57 Å². The van der Waals surface area contributed by atoms with E-state index in [0.29, 0.717) is 0 Å². The first-order chi connectivity index (χ1) is 8.52. The maximum Gasteiger partial charge on any atom is 0.342 e.